The Bertz CT molecular complexity index is 922. The molecule has 1 aliphatic heterocycles. The molecule has 0 aromatic carbocycles. The van der Waals surface area contributed by atoms with E-state index in [4.69, 9.17) is 11.6 Å². The highest BCUT2D eigenvalue weighted by Gasteiger charge is 2.42. The molecular formula is C23H32ClN3O2. The molecule has 3 unspecified atom stereocenters. The molecule has 6 heteroatoms. The van der Waals surface area contributed by atoms with Crippen molar-refractivity contribution in [1.82, 2.24) is 14.9 Å². The summed E-state index contributed by atoms with van der Waals surface area (Å²) in [4.78, 5) is 22.9. The third-order valence-corrected chi connectivity index (χ3v) is 7.40. The van der Waals surface area contributed by atoms with Crippen LogP contribution in [-0.4, -0.2) is 44.1 Å². The van der Waals surface area contributed by atoms with Gasteiger partial charge in [-0.2, -0.15) is 0 Å². The van der Waals surface area contributed by atoms with Crippen molar-refractivity contribution < 1.29 is 9.90 Å². The number of halogens is 1. The number of aliphatic hydroxyl groups is 1. The number of H-pyrrole nitrogens is 1. The highest BCUT2D eigenvalue weighted by Crippen LogP contribution is 2.48. The molecule has 0 radical (unpaired) electrons. The van der Waals surface area contributed by atoms with E-state index in [2.05, 4.69) is 16.9 Å². The number of carbonyl (C=O) groups excluding carboxylic acids is 1. The monoisotopic (exact) mass is 417 g/mol. The number of aromatic nitrogens is 2. The minimum Gasteiger partial charge on any atom is -0.390 e. The number of carbonyl (C=O) groups is 1. The number of amides is 1. The van der Waals surface area contributed by atoms with E-state index in [1.807, 2.05) is 11.1 Å². The molecule has 2 N–H and O–H groups in total. The lowest BCUT2D eigenvalue weighted by molar-refractivity contribution is -0.144. The molecule has 2 aliphatic carbocycles. The molecule has 3 aliphatic rings. The van der Waals surface area contributed by atoms with E-state index in [1.54, 1.807) is 6.20 Å². The number of hydrogen-bond donors (Lipinski definition) is 2. The quantitative estimate of drug-likeness (QED) is 0.724. The summed E-state index contributed by atoms with van der Waals surface area (Å²) in [6.45, 7) is 2.81. The normalized spacial score (nSPS) is 27.6. The number of aromatic amines is 1. The van der Waals surface area contributed by atoms with E-state index in [9.17, 15) is 9.90 Å². The summed E-state index contributed by atoms with van der Waals surface area (Å²) in [6, 6.07) is 0.202. The van der Waals surface area contributed by atoms with Crippen LogP contribution in [0.2, 0.25) is 5.02 Å². The third-order valence-electron chi connectivity index (χ3n) is 7.10. The van der Waals surface area contributed by atoms with Gasteiger partial charge in [-0.3, -0.25) is 4.79 Å². The van der Waals surface area contributed by atoms with Crippen molar-refractivity contribution in [2.45, 2.75) is 89.2 Å². The molecule has 3 fully saturated rings. The molecule has 2 saturated carbocycles. The van der Waals surface area contributed by atoms with Crippen molar-refractivity contribution >= 4 is 28.5 Å². The summed E-state index contributed by atoms with van der Waals surface area (Å²) in [6.07, 6.45) is 10.9. The maximum absolute atomic E-state index is 13.1. The van der Waals surface area contributed by atoms with Gasteiger partial charge in [0.05, 0.1) is 10.6 Å². The van der Waals surface area contributed by atoms with Gasteiger partial charge in [0.1, 0.15) is 5.65 Å². The standard InChI is InChI=1S/C22H28ClN3O2.CH4/c1-13(9-18(27)26-8-7-22(28)6-2-3-15(26)10-22)16-11-24-21-20(16)19(14-4-5-14)17(23)12-25-21;/h11-15,28H,2-10H2,1H3,(H,24,25);1H4. The molecule has 1 amide bonds. The fraction of sp³-hybridized carbons (Fsp3) is 0.652. The fourth-order valence-corrected chi connectivity index (χ4v) is 5.71. The number of nitrogens with zero attached hydrogens (tertiary/aromatic N) is 2. The van der Waals surface area contributed by atoms with E-state index in [1.165, 1.54) is 18.4 Å². The average Bonchev–Trinajstić information content (AvgIpc) is 3.39. The molecular weight excluding hydrogens is 386 g/mol. The van der Waals surface area contributed by atoms with Gasteiger partial charge in [0.25, 0.3) is 0 Å². The van der Waals surface area contributed by atoms with Gasteiger partial charge in [0.2, 0.25) is 5.91 Å². The van der Waals surface area contributed by atoms with Gasteiger partial charge in [0, 0.05) is 36.8 Å². The zero-order valence-corrected chi connectivity index (χ0v) is 17.1. The number of fused-ring (bicyclic) bond motifs is 3. The van der Waals surface area contributed by atoms with Crippen LogP contribution in [0.4, 0.5) is 0 Å². The van der Waals surface area contributed by atoms with E-state index in [-0.39, 0.29) is 25.3 Å². The Morgan fingerprint density at radius 1 is 1.41 bits per heavy atom. The van der Waals surface area contributed by atoms with Crippen LogP contribution in [0, 0.1) is 0 Å². The zero-order valence-electron chi connectivity index (χ0n) is 16.4. The second-order valence-corrected chi connectivity index (χ2v) is 9.59. The fourth-order valence-electron chi connectivity index (χ4n) is 5.41. The lowest BCUT2D eigenvalue weighted by Gasteiger charge is -2.48. The molecule has 29 heavy (non-hydrogen) atoms. The zero-order chi connectivity index (χ0) is 19.5. The van der Waals surface area contributed by atoms with Gasteiger partial charge in [-0.15, -0.1) is 0 Å². The number of rotatable bonds is 4. The van der Waals surface area contributed by atoms with Crippen molar-refractivity contribution in [2.24, 2.45) is 0 Å². The first-order valence-corrected chi connectivity index (χ1v) is 11.0. The van der Waals surface area contributed by atoms with Gasteiger partial charge in [-0.1, -0.05) is 26.0 Å². The Morgan fingerprint density at radius 2 is 2.21 bits per heavy atom. The summed E-state index contributed by atoms with van der Waals surface area (Å²) in [5.74, 6) is 0.833. The molecule has 2 aromatic heterocycles. The number of pyridine rings is 1. The highest BCUT2D eigenvalue weighted by atomic mass is 35.5. The van der Waals surface area contributed by atoms with Crippen molar-refractivity contribution in [1.29, 1.82) is 0 Å². The summed E-state index contributed by atoms with van der Waals surface area (Å²) in [5.41, 5.74) is 2.69. The number of likely N-dealkylation sites (tertiary alicyclic amines) is 1. The van der Waals surface area contributed by atoms with Crippen LogP contribution in [0.15, 0.2) is 12.4 Å². The van der Waals surface area contributed by atoms with Crippen LogP contribution < -0.4 is 0 Å². The van der Waals surface area contributed by atoms with Crippen molar-refractivity contribution in [3.8, 4) is 0 Å². The molecule has 3 heterocycles. The Hall–Kier alpha value is -1.59. The number of hydrogen-bond acceptors (Lipinski definition) is 3. The minimum atomic E-state index is -0.538. The van der Waals surface area contributed by atoms with Crippen molar-refractivity contribution in [2.75, 3.05) is 6.54 Å². The first-order chi connectivity index (χ1) is 13.5. The summed E-state index contributed by atoms with van der Waals surface area (Å²) >= 11 is 6.50. The maximum atomic E-state index is 13.1. The predicted octanol–water partition coefficient (Wildman–Crippen LogP) is 5.13. The number of piperidine rings is 1. The van der Waals surface area contributed by atoms with Gasteiger partial charge in [0.15, 0.2) is 0 Å². The molecule has 5 nitrogen and oxygen atoms in total. The van der Waals surface area contributed by atoms with Gasteiger partial charge in [-0.05, 0) is 67.9 Å². The molecule has 0 spiro atoms. The summed E-state index contributed by atoms with van der Waals surface area (Å²) in [7, 11) is 0. The summed E-state index contributed by atoms with van der Waals surface area (Å²) in [5, 5.41) is 12.5. The lowest BCUT2D eigenvalue weighted by atomic mass is 9.76. The number of nitrogens with one attached hydrogen (secondary N) is 1. The smallest absolute Gasteiger partial charge is 0.223 e. The van der Waals surface area contributed by atoms with Crippen LogP contribution in [0.25, 0.3) is 11.0 Å². The Labute approximate surface area is 177 Å². The van der Waals surface area contributed by atoms with Crippen LogP contribution in [0.5, 0.6) is 0 Å². The van der Waals surface area contributed by atoms with Gasteiger partial charge < -0.3 is 15.0 Å². The topological polar surface area (TPSA) is 69.2 Å². The van der Waals surface area contributed by atoms with Crippen LogP contribution in [0.3, 0.4) is 0 Å². The average molecular weight is 418 g/mol. The molecule has 2 bridgehead atoms. The van der Waals surface area contributed by atoms with Gasteiger partial charge >= 0.3 is 0 Å². The molecule has 2 aromatic rings. The first-order valence-electron chi connectivity index (χ1n) is 10.6. The SMILES string of the molecule is C.CC(CC(=O)N1CCC2(O)CCCC1C2)c1c[nH]c2ncc(Cl)c(C3CC3)c12. The second kappa shape index (κ2) is 7.59. The van der Waals surface area contributed by atoms with Crippen LogP contribution in [-0.2, 0) is 4.79 Å². The molecule has 5 rings (SSSR count). The predicted molar refractivity (Wildman–Crippen MR) is 116 cm³/mol. The van der Waals surface area contributed by atoms with Crippen LogP contribution in [0.1, 0.15) is 88.7 Å². The lowest BCUT2D eigenvalue weighted by Crippen LogP contribution is -2.55. The molecule has 3 atom stereocenters. The minimum absolute atomic E-state index is 0. The maximum Gasteiger partial charge on any atom is 0.223 e. The van der Waals surface area contributed by atoms with Gasteiger partial charge in [-0.25, -0.2) is 4.98 Å². The Kier molecular flexibility index (Phi) is 5.41. The highest BCUT2D eigenvalue weighted by molar-refractivity contribution is 6.32. The second-order valence-electron chi connectivity index (χ2n) is 9.18. The molecule has 158 valence electrons. The largest absolute Gasteiger partial charge is 0.390 e. The van der Waals surface area contributed by atoms with E-state index in [0.29, 0.717) is 25.3 Å². The van der Waals surface area contributed by atoms with E-state index in [0.717, 1.165) is 47.3 Å². The van der Waals surface area contributed by atoms with Crippen molar-refractivity contribution in [3.63, 3.8) is 0 Å². The molecule has 1 saturated heterocycles. The first kappa shape index (κ1) is 20.7. The van der Waals surface area contributed by atoms with E-state index >= 15 is 0 Å². The Morgan fingerprint density at radius 3 is 2.97 bits per heavy atom. The summed E-state index contributed by atoms with van der Waals surface area (Å²) < 4.78 is 0. The van der Waals surface area contributed by atoms with Crippen LogP contribution >= 0.6 is 11.6 Å². The Balaban J connectivity index is 0.00000205. The third kappa shape index (κ3) is 3.68. The van der Waals surface area contributed by atoms with E-state index < -0.39 is 5.60 Å². The van der Waals surface area contributed by atoms with Crippen molar-refractivity contribution in [3.05, 3.63) is 28.5 Å².